The van der Waals surface area contributed by atoms with Crippen molar-refractivity contribution in [2.45, 2.75) is 13.3 Å². The Hall–Kier alpha value is -0.820. The van der Waals surface area contributed by atoms with Gasteiger partial charge in [-0.05, 0) is 31.5 Å². The number of nitrogens with zero attached hydrogens (tertiary/aromatic N) is 1. The smallest absolute Gasteiger partial charge is 0.301 e. The first-order chi connectivity index (χ1) is 8.38. The molecule has 0 spiro atoms. The molecule has 0 amide bonds. The van der Waals surface area contributed by atoms with Crippen LogP contribution in [0.15, 0.2) is 18.2 Å². The first-order valence-electron chi connectivity index (χ1n) is 5.57. The molecule has 5 nitrogen and oxygen atoms in total. The van der Waals surface area contributed by atoms with Crippen molar-refractivity contribution in [2.24, 2.45) is 5.73 Å². The minimum atomic E-state index is -3.59. The second-order valence-corrected chi connectivity index (χ2v) is 6.19. The summed E-state index contributed by atoms with van der Waals surface area (Å²) in [6.45, 7) is 2.62. The van der Waals surface area contributed by atoms with E-state index in [1.807, 2.05) is 0 Å². The largest absolute Gasteiger partial charge is 0.330 e. The fourth-order valence-corrected chi connectivity index (χ4v) is 2.78. The first-order valence-corrected chi connectivity index (χ1v) is 7.39. The molecular weight excluding hydrogens is 274 g/mol. The highest BCUT2D eigenvalue weighted by Gasteiger charge is 2.19. The van der Waals surface area contributed by atoms with Crippen molar-refractivity contribution in [3.05, 3.63) is 28.8 Å². The number of hydrogen-bond acceptors (Lipinski definition) is 3. The molecule has 0 unspecified atom stereocenters. The van der Waals surface area contributed by atoms with Crippen molar-refractivity contribution < 1.29 is 8.42 Å². The summed E-state index contributed by atoms with van der Waals surface area (Å²) in [5, 5.41) is 0.380. The van der Waals surface area contributed by atoms with Gasteiger partial charge in [-0.2, -0.15) is 12.7 Å². The Bertz CT molecular complexity index is 485. The van der Waals surface area contributed by atoms with Gasteiger partial charge in [0.1, 0.15) is 0 Å². The van der Waals surface area contributed by atoms with E-state index in [-0.39, 0.29) is 0 Å². The normalized spacial score (nSPS) is 11.8. The molecule has 0 fully saturated rings. The van der Waals surface area contributed by atoms with E-state index in [0.717, 1.165) is 5.56 Å². The standard InChI is InChI=1S/C11H18ClN3O2S/c1-9-5-3-6-10(12)11(9)14-18(16,17)15(2)8-4-7-13/h3,5-6,14H,4,7-8,13H2,1-2H3. The second kappa shape index (κ2) is 6.38. The van der Waals surface area contributed by atoms with Crippen LogP contribution in [0.3, 0.4) is 0 Å². The lowest BCUT2D eigenvalue weighted by molar-refractivity contribution is 0.468. The lowest BCUT2D eigenvalue weighted by atomic mass is 10.2. The summed E-state index contributed by atoms with van der Waals surface area (Å²) in [5.41, 5.74) is 6.55. The third-order valence-corrected chi connectivity index (χ3v) is 4.32. The monoisotopic (exact) mass is 291 g/mol. The van der Waals surface area contributed by atoms with Crippen LogP contribution >= 0.6 is 11.6 Å². The maximum atomic E-state index is 12.0. The lowest BCUT2D eigenvalue weighted by Crippen LogP contribution is -2.34. The molecule has 0 aliphatic carbocycles. The lowest BCUT2D eigenvalue weighted by Gasteiger charge is -2.19. The number of nitrogens with one attached hydrogen (secondary N) is 1. The molecule has 0 aromatic heterocycles. The number of nitrogens with two attached hydrogens (primary N) is 1. The van der Waals surface area contributed by atoms with Gasteiger partial charge < -0.3 is 5.73 Å². The quantitative estimate of drug-likeness (QED) is 0.836. The van der Waals surface area contributed by atoms with Crippen LogP contribution < -0.4 is 10.5 Å². The minimum Gasteiger partial charge on any atom is -0.330 e. The van der Waals surface area contributed by atoms with Gasteiger partial charge in [0, 0.05) is 13.6 Å². The number of para-hydroxylation sites is 1. The Morgan fingerprint density at radius 3 is 2.67 bits per heavy atom. The zero-order chi connectivity index (χ0) is 13.8. The number of hydrogen-bond donors (Lipinski definition) is 2. The predicted octanol–water partition coefficient (Wildman–Crippen LogP) is 1.59. The summed E-state index contributed by atoms with van der Waals surface area (Å²) in [5.74, 6) is 0. The van der Waals surface area contributed by atoms with Gasteiger partial charge in [-0.25, -0.2) is 0 Å². The molecule has 1 rings (SSSR count). The number of benzene rings is 1. The molecule has 0 atom stereocenters. The molecule has 7 heteroatoms. The number of halogens is 1. The molecule has 102 valence electrons. The fourth-order valence-electron chi connectivity index (χ4n) is 1.40. The molecule has 1 aromatic rings. The summed E-state index contributed by atoms with van der Waals surface area (Å²) in [4.78, 5) is 0. The molecular formula is C11H18ClN3O2S. The van der Waals surface area contributed by atoms with Crippen molar-refractivity contribution in [3.8, 4) is 0 Å². The zero-order valence-electron chi connectivity index (χ0n) is 10.5. The summed E-state index contributed by atoms with van der Waals surface area (Å²) in [6.07, 6.45) is 0.610. The third kappa shape index (κ3) is 3.84. The summed E-state index contributed by atoms with van der Waals surface area (Å²) < 4.78 is 27.8. The summed E-state index contributed by atoms with van der Waals surface area (Å²) in [7, 11) is -2.08. The van der Waals surface area contributed by atoms with Crippen LogP contribution in [0.4, 0.5) is 5.69 Å². The Balaban J connectivity index is 2.89. The second-order valence-electron chi connectivity index (χ2n) is 4.00. The molecule has 0 saturated heterocycles. The van der Waals surface area contributed by atoms with Gasteiger partial charge in [-0.3, -0.25) is 4.72 Å². The minimum absolute atomic E-state index is 0.370. The van der Waals surface area contributed by atoms with Crippen LogP contribution in [0.25, 0.3) is 0 Å². The van der Waals surface area contributed by atoms with Crippen LogP contribution in [0, 0.1) is 6.92 Å². The van der Waals surface area contributed by atoms with Crippen molar-refractivity contribution in [3.63, 3.8) is 0 Å². The zero-order valence-corrected chi connectivity index (χ0v) is 12.1. The van der Waals surface area contributed by atoms with Gasteiger partial charge >= 0.3 is 10.2 Å². The van der Waals surface area contributed by atoms with Crippen LogP contribution in [-0.2, 0) is 10.2 Å². The van der Waals surface area contributed by atoms with Crippen molar-refractivity contribution in [2.75, 3.05) is 24.9 Å². The van der Waals surface area contributed by atoms with Crippen molar-refractivity contribution >= 4 is 27.5 Å². The van der Waals surface area contributed by atoms with E-state index >= 15 is 0 Å². The fraction of sp³-hybridized carbons (Fsp3) is 0.455. The van der Waals surface area contributed by atoms with E-state index < -0.39 is 10.2 Å². The summed E-state index contributed by atoms with van der Waals surface area (Å²) >= 11 is 5.98. The molecule has 0 aliphatic heterocycles. The Morgan fingerprint density at radius 1 is 1.44 bits per heavy atom. The van der Waals surface area contributed by atoms with Crippen LogP contribution in [0.2, 0.25) is 5.02 Å². The average molecular weight is 292 g/mol. The molecule has 18 heavy (non-hydrogen) atoms. The maximum Gasteiger partial charge on any atom is 0.301 e. The molecule has 3 N–H and O–H groups in total. The van der Waals surface area contributed by atoms with Gasteiger partial charge in [0.05, 0.1) is 10.7 Å². The van der Waals surface area contributed by atoms with Gasteiger partial charge in [0.15, 0.2) is 0 Å². The van der Waals surface area contributed by atoms with Gasteiger partial charge in [-0.1, -0.05) is 23.7 Å². The summed E-state index contributed by atoms with van der Waals surface area (Å²) in [6, 6.07) is 5.21. The highest BCUT2D eigenvalue weighted by atomic mass is 35.5. The van der Waals surface area contributed by atoms with Crippen molar-refractivity contribution in [1.82, 2.24) is 4.31 Å². The number of aryl methyl sites for hydroxylation is 1. The molecule has 0 heterocycles. The average Bonchev–Trinajstić information content (AvgIpc) is 2.31. The van der Waals surface area contributed by atoms with Crippen LogP contribution in [0.1, 0.15) is 12.0 Å². The van der Waals surface area contributed by atoms with E-state index in [1.54, 1.807) is 25.1 Å². The molecule has 0 saturated carbocycles. The predicted molar refractivity (Wildman–Crippen MR) is 75.0 cm³/mol. The molecule has 1 aromatic carbocycles. The topological polar surface area (TPSA) is 75.4 Å². The number of rotatable bonds is 6. The van der Waals surface area contributed by atoms with Crippen LogP contribution in [-0.4, -0.2) is 32.9 Å². The Kier molecular flexibility index (Phi) is 5.40. The third-order valence-electron chi connectivity index (χ3n) is 2.54. The van der Waals surface area contributed by atoms with Gasteiger partial charge in [0.25, 0.3) is 0 Å². The molecule has 0 radical (unpaired) electrons. The van der Waals surface area contributed by atoms with E-state index in [9.17, 15) is 8.42 Å². The van der Waals surface area contributed by atoms with E-state index in [0.29, 0.717) is 30.2 Å². The number of anilines is 1. The Morgan fingerprint density at radius 2 is 2.11 bits per heavy atom. The highest BCUT2D eigenvalue weighted by Crippen LogP contribution is 2.26. The van der Waals surface area contributed by atoms with Gasteiger partial charge in [0.2, 0.25) is 0 Å². The van der Waals surface area contributed by atoms with Gasteiger partial charge in [-0.15, -0.1) is 0 Å². The van der Waals surface area contributed by atoms with Crippen molar-refractivity contribution in [1.29, 1.82) is 0 Å². The molecule has 0 bridgehead atoms. The van der Waals surface area contributed by atoms with E-state index in [1.165, 1.54) is 11.4 Å². The maximum absolute atomic E-state index is 12.0. The SMILES string of the molecule is Cc1cccc(Cl)c1NS(=O)(=O)N(C)CCCN. The van der Waals surface area contributed by atoms with E-state index in [2.05, 4.69) is 4.72 Å². The first kappa shape index (κ1) is 15.2. The Labute approximate surface area is 113 Å². The highest BCUT2D eigenvalue weighted by molar-refractivity contribution is 7.90. The van der Waals surface area contributed by atoms with E-state index in [4.69, 9.17) is 17.3 Å². The van der Waals surface area contributed by atoms with Crippen LogP contribution in [0.5, 0.6) is 0 Å². The molecule has 0 aliphatic rings.